The second-order valence-electron chi connectivity index (χ2n) is 7.74. The van der Waals surface area contributed by atoms with Crippen LogP contribution < -0.4 is 5.32 Å². The van der Waals surface area contributed by atoms with Crippen molar-refractivity contribution in [3.05, 3.63) is 59.2 Å². The van der Waals surface area contributed by atoms with Gasteiger partial charge in [0.15, 0.2) is 5.78 Å². The first-order valence-electron chi connectivity index (χ1n) is 9.55. The Labute approximate surface area is 166 Å². The van der Waals surface area contributed by atoms with Crippen LogP contribution in [-0.4, -0.2) is 26.2 Å². The number of rotatable bonds is 6. The Morgan fingerprint density at radius 1 is 0.964 bits per heavy atom. The molecule has 0 fully saturated rings. The minimum absolute atomic E-state index is 0.00730. The van der Waals surface area contributed by atoms with E-state index in [1.54, 1.807) is 12.1 Å². The number of amides is 1. The third kappa shape index (κ3) is 3.87. The summed E-state index contributed by atoms with van der Waals surface area (Å²) in [5.74, 6) is -0.0510. The number of fused-ring (bicyclic) bond motifs is 2. The first kappa shape index (κ1) is 20.3. The Bertz CT molecular complexity index is 1020. The molecule has 1 aliphatic heterocycles. The Morgan fingerprint density at radius 2 is 1.64 bits per heavy atom. The lowest BCUT2D eigenvalue weighted by Crippen LogP contribution is -2.33. The summed E-state index contributed by atoms with van der Waals surface area (Å²) in [7, 11) is -3.84. The highest BCUT2D eigenvalue weighted by Gasteiger charge is 2.35. The predicted molar refractivity (Wildman–Crippen MR) is 107 cm³/mol. The van der Waals surface area contributed by atoms with Crippen LogP contribution in [0, 0.1) is 5.92 Å². The third-order valence-corrected chi connectivity index (χ3v) is 6.85. The molecule has 5 nitrogen and oxygen atoms in total. The molecule has 2 aromatic rings. The van der Waals surface area contributed by atoms with Gasteiger partial charge in [-0.15, -0.1) is 0 Å². The van der Waals surface area contributed by atoms with Crippen molar-refractivity contribution in [3.8, 4) is 0 Å². The largest absolute Gasteiger partial charge is 0.350 e. The summed E-state index contributed by atoms with van der Waals surface area (Å²) in [5.41, 5.74) is 0.524. The van der Waals surface area contributed by atoms with Crippen LogP contribution >= 0.6 is 0 Å². The Kier molecular flexibility index (Phi) is 5.70. The van der Waals surface area contributed by atoms with Crippen LogP contribution in [0.5, 0.6) is 0 Å². The van der Waals surface area contributed by atoms with Gasteiger partial charge in [-0.3, -0.25) is 9.59 Å². The molecule has 0 aliphatic carbocycles. The molecule has 3 rings (SSSR count). The molecule has 0 aromatic heterocycles. The van der Waals surface area contributed by atoms with Gasteiger partial charge in [0.25, 0.3) is 5.91 Å². The molecule has 0 saturated heterocycles. The van der Waals surface area contributed by atoms with Crippen LogP contribution in [-0.2, 0) is 9.84 Å². The lowest BCUT2D eigenvalue weighted by molar-refractivity contribution is 0.0936. The number of hydrogen-bond donors (Lipinski definition) is 1. The summed E-state index contributed by atoms with van der Waals surface area (Å²) in [5, 5.41) is 2.92. The van der Waals surface area contributed by atoms with E-state index in [-0.39, 0.29) is 44.2 Å². The molecular formula is C22H25NO4S. The average Bonchev–Trinajstić information content (AvgIpc) is 2.65. The molecule has 0 spiro atoms. The van der Waals surface area contributed by atoms with Crippen LogP contribution in [0.1, 0.15) is 66.3 Å². The normalized spacial score (nSPS) is 15.6. The van der Waals surface area contributed by atoms with E-state index in [9.17, 15) is 18.0 Å². The molecule has 0 bridgehead atoms. The van der Waals surface area contributed by atoms with Gasteiger partial charge < -0.3 is 5.32 Å². The van der Waals surface area contributed by atoms with E-state index < -0.39 is 9.84 Å². The lowest BCUT2D eigenvalue weighted by atomic mass is 10.0. The minimum Gasteiger partial charge on any atom is -0.350 e. The zero-order chi connectivity index (χ0) is 20.5. The quantitative estimate of drug-likeness (QED) is 0.679. The van der Waals surface area contributed by atoms with E-state index in [0.29, 0.717) is 5.92 Å². The molecule has 1 aliphatic rings. The van der Waals surface area contributed by atoms with Gasteiger partial charge in [-0.05, 0) is 49.6 Å². The van der Waals surface area contributed by atoms with Gasteiger partial charge in [0.05, 0.1) is 9.79 Å². The standard InChI is InChI=1S/C22H25NO4S/c1-14(2)7-6-8-15(3)23-22(25)16-11-12-18-20(13-16)28(26,27)19-10-5-4-9-17(19)21(18)24/h4-5,9-15H,6-8H2,1-3H3,(H,23,25)/t15-/m1/s1. The second-order valence-corrected chi connectivity index (χ2v) is 9.63. The van der Waals surface area contributed by atoms with E-state index in [2.05, 4.69) is 19.2 Å². The van der Waals surface area contributed by atoms with Crippen molar-refractivity contribution < 1.29 is 18.0 Å². The number of benzene rings is 2. The van der Waals surface area contributed by atoms with Gasteiger partial charge in [-0.1, -0.05) is 38.8 Å². The molecule has 1 N–H and O–H groups in total. The van der Waals surface area contributed by atoms with E-state index >= 15 is 0 Å². The van der Waals surface area contributed by atoms with Gasteiger partial charge in [-0.2, -0.15) is 0 Å². The zero-order valence-electron chi connectivity index (χ0n) is 16.4. The fourth-order valence-electron chi connectivity index (χ4n) is 3.44. The summed E-state index contributed by atoms with van der Waals surface area (Å²) >= 11 is 0. The predicted octanol–water partition coefficient (Wildman–Crippen LogP) is 4.01. The zero-order valence-corrected chi connectivity index (χ0v) is 17.2. The lowest BCUT2D eigenvalue weighted by Gasteiger charge is -2.20. The first-order valence-corrected chi connectivity index (χ1v) is 11.0. The molecule has 2 aromatic carbocycles. The molecule has 1 amide bonds. The van der Waals surface area contributed by atoms with Crippen LogP contribution in [0.15, 0.2) is 52.3 Å². The molecule has 0 radical (unpaired) electrons. The summed E-state index contributed by atoms with van der Waals surface area (Å²) in [6.45, 7) is 6.26. The number of sulfone groups is 1. The number of carbonyl (C=O) groups is 2. The van der Waals surface area contributed by atoms with Crippen molar-refractivity contribution in [2.24, 2.45) is 5.92 Å². The second kappa shape index (κ2) is 7.87. The van der Waals surface area contributed by atoms with E-state index in [0.717, 1.165) is 19.3 Å². The highest BCUT2D eigenvalue weighted by Crippen LogP contribution is 2.34. The summed E-state index contributed by atoms with van der Waals surface area (Å²) in [4.78, 5) is 25.1. The third-order valence-electron chi connectivity index (χ3n) is 5.00. The summed E-state index contributed by atoms with van der Waals surface area (Å²) < 4.78 is 25.9. The summed E-state index contributed by atoms with van der Waals surface area (Å²) in [6.07, 6.45) is 2.97. The van der Waals surface area contributed by atoms with E-state index in [1.165, 1.54) is 30.3 Å². The highest BCUT2D eigenvalue weighted by molar-refractivity contribution is 7.91. The monoisotopic (exact) mass is 399 g/mol. The Hall–Kier alpha value is -2.47. The average molecular weight is 400 g/mol. The van der Waals surface area contributed by atoms with Gasteiger partial charge in [0, 0.05) is 22.7 Å². The van der Waals surface area contributed by atoms with Crippen LogP contribution in [0.25, 0.3) is 0 Å². The fourth-order valence-corrected chi connectivity index (χ4v) is 5.11. The maximum absolute atomic E-state index is 13.0. The van der Waals surface area contributed by atoms with Crippen molar-refractivity contribution >= 4 is 21.5 Å². The van der Waals surface area contributed by atoms with Crippen LogP contribution in [0.4, 0.5) is 0 Å². The topological polar surface area (TPSA) is 80.3 Å². The molecule has 6 heteroatoms. The molecule has 1 atom stereocenters. The number of hydrogen-bond acceptors (Lipinski definition) is 4. The molecule has 0 saturated carbocycles. The summed E-state index contributed by atoms with van der Waals surface area (Å²) in [6, 6.07) is 10.4. The number of nitrogens with one attached hydrogen (secondary N) is 1. The van der Waals surface area contributed by atoms with Crippen molar-refractivity contribution in [2.75, 3.05) is 0 Å². The van der Waals surface area contributed by atoms with Crippen LogP contribution in [0.2, 0.25) is 0 Å². The SMILES string of the molecule is CC(C)CCC[C@@H](C)NC(=O)c1ccc2c(c1)S(=O)(=O)c1ccccc1C2=O. The van der Waals surface area contributed by atoms with Gasteiger partial charge in [0.2, 0.25) is 9.84 Å². The maximum Gasteiger partial charge on any atom is 0.251 e. The van der Waals surface area contributed by atoms with E-state index in [4.69, 9.17) is 0 Å². The highest BCUT2D eigenvalue weighted by atomic mass is 32.2. The fraction of sp³-hybridized carbons (Fsp3) is 0.364. The van der Waals surface area contributed by atoms with Crippen molar-refractivity contribution in [1.82, 2.24) is 5.32 Å². The van der Waals surface area contributed by atoms with E-state index in [1.807, 2.05) is 6.92 Å². The van der Waals surface area contributed by atoms with Gasteiger partial charge in [-0.25, -0.2) is 8.42 Å². The minimum atomic E-state index is -3.84. The van der Waals surface area contributed by atoms with Crippen LogP contribution in [0.3, 0.4) is 0 Å². The molecule has 1 heterocycles. The first-order chi connectivity index (χ1) is 13.2. The Balaban J connectivity index is 1.85. The number of carbonyl (C=O) groups excluding carboxylic acids is 2. The molecule has 28 heavy (non-hydrogen) atoms. The molecular weight excluding hydrogens is 374 g/mol. The molecule has 148 valence electrons. The van der Waals surface area contributed by atoms with Gasteiger partial charge in [0.1, 0.15) is 0 Å². The maximum atomic E-state index is 13.0. The van der Waals surface area contributed by atoms with Crippen molar-refractivity contribution in [3.63, 3.8) is 0 Å². The van der Waals surface area contributed by atoms with Crippen molar-refractivity contribution in [1.29, 1.82) is 0 Å². The smallest absolute Gasteiger partial charge is 0.251 e. The Morgan fingerprint density at radius 3 is 2.36 bits per heavy atom. The van der Waals surface area contributed by atoms with Crippen molar-refractivity contribution in [2.45, 2.75) is 55.9 Å². The van der Waals surface area contributed by atoms with Gasteiger partial charge >= 0.3 is 0 Å². The number of ketones is 1. The molecule has 0 unspecified atom stereocenters.